The lowest BCUT2D eigenvalue weighted by molar-refractivity contribution is 1.17. The Bertz CT molecular complexity index is 6170. The van der Waals surface area contributed by atoms with Crippen molar-refractivity contribution in [3.63, 3.8) is 0 Å². The highest BCUT2D eigenvalue weighted by atomic mass is 15.0. The SMILES string of the molecule is c1ccc(-c2nc(-c3ccc(-n4c5ccccc5c5cc(-c6ccc7c8ccccc8n(-c8ccccc8)c7c6)ccc54)cc3)cc(-c3ccc4cc(-n5c6ccccc6c6cc(-c7ccc8c(c7)c7ccccc7n8-c7ccccc7)ccc65)ccc4c3)n2)cc1. The van der Waals surface area contributed by atoms with Gasteiger partial charge in [0.2, 0.25) is 0 Å². The molecule has 19 aromatic rings. The van der Waals surface area contributed by atoms with E-state index in [1.807, 2.05) is 6.07 Å². The van der Waals surface area contributed by atoms with E-state index in [-0.39, 0.29) is 0 Å². The molecule has 0 aliphatic rings. The Hall–Kier alpha value is -12.4. The summed E-state index contributed by atoms with van der Waals surface area (Å²) < 4.78 is 9.57. The van der Waals surface area contributed by atoms with Crippen molar-refractivity contribution in [2.75, 3.05) is 0 Å². The zero-order valence-electron chi connectivity index (χ0n) is 49.9. The fourth-order valence-electron chi connectivity index (χ4n) is 14.6. The predicted molar refractivity (Wildman–Crippen MR) is 384 cm³/mol. The van der Waals surface area contributed by atoms with Gasteiger partial charge in [-0.1, -0.05) is 200 Å². The first kappa shape index (κ1) is 51.6. The molecule has 6 heteroatoms. The Kier molecular flexibility index (Phi) is 11.6. The average Bonchev–Trinajstić information content (AvgIpc) is 1.61. The molecule has 5 heterocycles. The van der Waals surface area contributed by atoms with E-state index in [0.717, 1.165) is 72.6 Å². The van der Waals surface area contributed by atoms with Gasteiger partial charge < -0.3 is 18.3 Å². The molecule has 0 fully saturated rings. The first-order chi connectivity index (χ1) is 45.6. The molecule has 0 aliphatic carbocycles. The molecule has 0 unspecified atom stereocenters. The molecule has 6 nitrogen and oxygen atoms in total. The molecule has 19 rings (SSSR count). The number of rotatable bonds is 9. The minimum Gasteiger partial charge on any atom is -0.309 e. The Morgan fingerprint density at radius 1 is 0.174 bits per heavy atom. The minimum absolute atomic E-state index is 0.683. The van der Waals surface area contributed by atoms with Crippen LogP contribution >= 0.6 is 0 Å². The Morgan fingerprint density at radius 3 is 1.03 bits per heavy atom. The summed E-state index contributed by atoms with van der Waals surface area (Å²) in [6, 6.07) is 119. The van der Waals surface area contributed by atoms with Crippen LogP contribution in [0.25, 0.3) is 177 Å². The van der Waals surface area contributed by atoms with Crippen molar-refractivity contribution < 1.29 is 0 Å². The number of aromatic nitrogens is 6. The van der Waals surface area contributed by atoms with Crippen LogP contribution in [0.3, 0.4) is 0 Å². The largest absolute Gasteiger partial charge is 0.309 e. The van der Waals surface area contributed by atoms with Gasteiger partial charge in [0, 0.05) is 82.5 Å². The first-order valence-electron chi connectivity index (χ1n) is 31.4. The summed E-state index contributed by atoms with van der Waals surface area (Å²) in [4.78, 5) is 10.5. The zero-order valence-corrected chi connectivity index (χ0v) is 49.9. The third-order valence-corrected chi connectivity index (χ3v) is 18.9. The molecule has 0 radical (unpaired) electrons. The maximum atomic E-state index is 5.28. The lowest BCUT2D eigenvalue weighted by atomic mass is 10.0. The Morgan fingerprint density at radius 2 is 0.511 bits per heavy atom. The summed E-state index contributed by atoms with van der Waals surface area (Å²) >= 11 is 0. The zero-order chi connectivity index (χ0) is 60.4. The third-order valence-electron chi connectivity index (χ3n) is 18.9. The quantitative estimate of drug-likeness (QED) is 0.145. The smallest absolute Gasteiger partial charge is 0.160 e. The van der Waals surface area contributed by atoms with Crippen LogP contribution in [0.1, 0.15) is 0 Å². The fraction of sp³-hybridized carbons (Fsp3) is 0. The maximum absolute atomic E-state index is 5.28. The fourth-order valence-corrected chi connectivity index (χ4v) is 14.6. The van der Waals surface area contributed by atoms with E-state index < -0.39 is 0 Å². The molecule has 14 aromatic carbocycles. The van der Waals surface area contributed by atoms with Crippen LogP contribution in [0.4, 0.5) is 0 Å². The summed E-state index contributed by atoms with van der Waals surface area (Å²) in [5, 5.41) is 12.1. The van der Waals surface area contributed by atoms with Gasteiger partial charge in [0.1, 0.15) is 0 Å². The molecule has 0 amide bonds. The topological polar surface area (TPSA) is 45.5 Å². The predicted octanol–water partition coefficient (Wildman–Crippen LogP) is 22.4. The van der Waals surface area contributed by atoms with Crippen LogP contribution in [0.5, 0.6) is 0 Å². The molecule has 0 spiro atoms. The van der Waals surface area contributed by atoms with E-state index in [1.165, 1.54) is 98.4 Å². The number of para-hydroxylation sites is 6. The number of hydrogen-bond acceptors (Lipinski definition) is 2. The van der Waals surface area contributed by atoms with Gasteiger partial charge >= 0.3 is 0 Å². The van der Waals surface area contributed by atoms with Crippen LogP contribution in [0.15, 0.2) is 328 Å². The van der Waals surface area contributed by atoms with E-state index >= 15 is 0 Å². The van der Waals surface area contributed by atoms with Crippen LogP contribution in [-0.2, 0) is 0 Å². The lowest BCUT2D eigenvalue weighted by Crippen LogP contribution is -1.97. The van der Waals surface area contributed by atoms with Gasteiger partial charge in [0.05, 0.1) is 55.5 Å². The lowest BCUT2D eigenvalue weighted by Gasteiger charge is -2.13. The highest BCUT2D eigenvalue weighted by Crippen LogP contribution is 2.42. The highest BCUT2D eigenvalue weighted by Gasteiger charge is 2.20. The average molecular weight is 1170 g/mol. The van der Waals surface area contributed by atoms with Crippen LogP contribution in [0.2, 0.25) is 0 Å². The highest BCUT2D eigenvalue weighted by molar-refractivity contribution is 6.15. The van der Waals surface area contributed by atoms with Gasteiger partial charge in [0.25, 0.3) is 0 Å². The summed E-state index contributed by atoms with van der Waals surface area (Å²) in [7, 11) is 0. The van der Waals surface area contributed by atoms with Crippen molar-refractivity contribution in [2.45, 2.75) is 0 Å². The second-order valence-electron chi connectivity index (χ2n) is 24.1. The molecule has 428 valence electrons. The van der Waals surface area contributed by atoms with E-state index in [2.05, 4.69) is 340 Å². The van der Waals surface area contributed by atoms with Crippen molar-refractivity contribution in [1.82, 2.24) is 28.2 Å². The first-order valence-corrected chi connectivity index (χ1v) is 31.4. The van der Waals surface area contributed by atoms with Crippen LogP contribution < -0.4 is 0 Å². The monoisotopic (exact) mass is 1170 g/mol. The summed E-state index contributed by atoms with van der Waals surface area (Å²) in [6.45, 7) is 0. The molecule has 0 saturated heterocycles. The molecular formula is C86H54N6. The maximum Gasteiger partial charge on any atom is 0.160 e. The standard InChI is InChI=1S/C86H54N6/c1-4-18-56(19-5-1)86-87-76(55-34-41-66(42-35-55)90-80-30-16-12-26-70(80)74-52-61(40-46-83(74)90)62-37-44-72-68-24-10-14-28-78(68)91(85(72)53-62)65-22-8-3-9-23-65)54-77(88-86)63-33-32-58-49-67(43-36-57(58)48-63)92-81-31-17-13-27-71(81)75-51-60(39-47-84(75)92)59-38-45-82-73(50-59)69-25-11-15-29-79(69)89(82)64-20-6-2-7-21-64/h1-54H. The number of hydrogen-bond donors (Lipinski definition) is 0. The number of fused-ring (bicyclic) bond motifs is 13. The van der Waals surface area contributed by atoms with Gasteiger partial charge in [-0.2, -0.15) is 0 Å². The van der Waals surface area contributed by atoms with Crippen molar-refractivity contribution >= 4 is 98.0 Å². The molecule has 0 bridgehead atoms. The number of nitrogens with zero attached hydrogens (tertiary/aromatic N) is 6. The van der Waals surface area contributed by atoms with Gasteiger partial charge in [-0.25, -0.2) is 9.97 Å². The minimum atomic E-state index is 0.683. The molecule has 0 aliphatic heterocycles. The molecule has 0 saturated carbocycles. The summed E-state index contributed by atoms with van der Waals surface area (Å²) in [6.07, 6.45) is 0. The molecular weight excluding hydrogens is 1120 g/mol. The van der Waals surface area contributed by atoms with E-state index in [1.54, 1.807) is 0 Å². The van der Waals surface area contributed by atoms with E-state index in [9.17, 15) is 0 Å². The van der Waals surface area contributed by atoms with Gasteiger partial charge in [0.15, 0.2) is 5.82 Å². The molecule has 0 N–H and O–H groups in total. The normalized spacial score (nSPS) is 11.9. The molecule has 5 aromatic heterocycles. The van der Waals surface area contributed by atoms with Crippen molar-refractivity contribution in [3.8, 4) is 78.9 Å². The van der Waals surface area contributed by atoms with E-state index in [4.69, 9.17) is 9.97 Å². The van der Waals surface area contributed by atoms with Gasteiger partial charge in [-0.3, -0.25) is 0 Å². The van der Waals surface area contributed by atoms with Crippen LogP contribution in [0, 0.1) is 0 Å². The number of benzene rings is 14. The van der Waals surface area contributed by atoms with Gasteiger partial charge in [-0.05, 0) is 160 Å². The van der Waals surface area contributed by atoms with Gasteiger partial charge in [-0.15, -0.1) is 0 Å². The van der Waals surface area contributed by atoms with Crippen molar-refractivity contribution in [2.24, 2.45) is 0 Å². The third kappa shape index (κ3) is 8.21. The Balaban J connectivity index is 0.657. The summed E-state index contributed by atoms with van der Waals surface area (Å²) in [5.41, 5.74) is 23.4. The molecule has 92 heavy (non-hydrogen) atoms. The van der Waals surface area contributed by atoms with Crippen LogP contribution in [-0.4, -0.2) is 28.2 Å². The Labute approximate surface area is 529 Å². The van der Waals surface area contributed by atoms with E-state index in [0.29, 0.717) is 5.82 Å². The molecule has 0 atom stereocenters. The van der Waals surface area contributed by atoms with Crippen molar-refractivity contribution in [3.05, 3.63) is 328 Å². The second-order valence-corrected chi connectivity index (χ2v) is 24.1. The van der Waals surface area contributed by atoms with Crippen molar-refractivity contribution in [1.29, 1.82) is 0 Å². The second kappa shape index (κ2) is 20.6. The summed E-state index contributed by atoms with van der Waals surface area (Å²) in [5.74, 6) is 0.683.